The van der Waals surface area contributed by atoms with E-state index in [2.05, 4.69) is 15.2 Å². The Morgan fingerprint density at radius 2 is 1.76 bits per heavy atom. The van der Waals surface area contributed by atoms with Crippen molar-refractivity contribution in [3.05, 3.63) is 72.1 Å². The van der Waals surface area contributed by atoms with Gasteiger partial charge in [-0.3, -0.25) is 14.4 Å². The predicted molar refractivity (Wildman–Crippen MR) is 117 cm³/mol. The third-order valence-electron chi connectivity index (χ3n) is 5.73. The van der Waals surface area contributed by atoms with Gasteiger partial charge < -0.3 is 14.8 Å². The van der Waals surface area contributed by atoms with E-state index >= 15 is 0 Å². The largest absolute Gasteiger partial charge is 0.355 e. The van der Waals surface area contributed by atoms with Gasteiger partial charge >= 0.3 is 0 Å². The predicted octanol–water partition coefficient (Wildman–Crippen LogP) is 0.0563. The van der Waals surface area contributed by atoms with Crippen LogP contribution in [-0.4, -0.2) is 73.4 Å². The summed E-state index contributed by atoms with van der Waals surface area (Å²) in [6.45, 7) is 0.984. The number of Topliss-reactive ketones (excluding diaryl/α,β-unsaturated/α-hetero) is 1. The lowest BCUT2D eigenvalue weighted by Crippen LogP contribution is -2.52. The van der Waals surface area contributed by atoms with E-state index in [9.17, 15) is 18.8 Å². The van der Waals surface area contributed by atoms with Crippen LogP contribution in [0.2, 0.25) is 0 Å². The van der Waals surface area contributed by atoms with E-state index in [0.29, 0.717) is 18.7 Å². The Kier molecular flexibility index (Phi) is 5.24. The quantitative estimate of drug-likeness (QED) is 0.190. The third kappa shape index (κ3) is 3.64. The van der Waals surface area contributed by atoms with Gasteiger partial charge in [-0.1, -0.05) is 22.9 Å². The molecule has 5 rings (SSSR count). The molecule has 0 spiro atoms. The van der Waals surface area contributed by atoms with Gasteiger partial charge in [0.15, 0.2) is 18.2 Å². The van der Waals surface area contributed by atoms with Gasteiger partial charge in [0, 0.05) is 37.9 Å². The number of ketones is 1. The first-order chi connectivity index (χ1) is 16.4. The second kappa shape index (κ2) is 8.39. The van der Waals surface area contributed by atoms with Gasteiger partial charge in [0.25, 0.3) is 23.4 Å². The number of nitrogens with zero attached hydrogens (tertiary/aromatic N) is 6. The number of piperazine rings is 1. The molecule has 3 N–H and O–H groups in total. The number of carbonyl (C=O) groups is 3. The zero-order valence-corrected chi connectivity index (χ0v) is 17.9. The first kappa shape index (κ1) is 21.2. The number of nitrogen functional groups attached to an aromatic ring is 1. The molecule has 3 aromatic heterocycles. The summed E-state index contributed by atoms with van der Waals surface area (Å²) in [5.74, 6) is 3.31. The lowest BCUT2D eigenvalue weighted by Gasteiger charge is -2.34. The number of hydrogen-bond donors (Lipinski definition) is 2. The zero-order chi connectivity index (χ0) is 23.8. The highest BCUT2D eigenvalue weighted by molar-refractivity contribution is 6.45. The normalized spacial score (nSPS) is 13.9. The second-order valence-corrected chi connectivity index (χ2v) is 7.77. The number of carbonyl (C=O) groups excluding carboxylic acids is 3. The summed E-state index contributed by atoms with van der Waals surface area (Å²) in [5, 5.41) is 3.93. The highest BCUT2D eigenvalue weighted by Gasteiger charge is 2.31. The fourth-order valence-electron chi connectivity index (χ4n) is 4.00. The highest BCUT2D eigenvalue weighted by atomic mass is 19.1. The fourth-order valence-corrected chi connectivity index (χ4v) is 4.00. The van der Waals surface area contributed by atoms with E-state index in [-0.39, 0.29) is 41.3 Å². The van der Waals surface area contributed by atoms with Gasteiger partial charge in [-0.25, -0.2) is 15.2 Å². The van der Waals surface area contributed by atoms with Crippen molar-refractivity contribution in [2.45, 2.75) is 0 Å². The molecular formula is C22H20FN8O3+. The fraction of sp³-hybridized carbons (Fsp3) is 0.182. The van der Waals surface area contributed by atoms with E-state index in [1.54, 1.807) is 29.2 Å². The Hall–Kier alpha value is -4.61. The standard InChI is InChI=1S/C22H19FN8O3/c23-16-13-26-20(30-10-11-31(24)27-30)18-17(16)15(12-25-18)19(32)22(34)29-8-6-28(7-9-29)21(33)14-4-2-1-3-5-14/h1-5,10-13H,6-9H2,(H2-,24,25,26,27,32)/p+1. The summed E-state index contributed by atoms with van der Waals surface area (Å²) in [6, 6.07) is 8.86. The van der Waals surface area contributed by atoms with Gasteiger partial charge in [0.05, 0.1) is 17.1 Å². The van der Waals surface area contributed by atoms with Gasteiger partial charge in [-0.05, 0) is 16.9 Å². The number of nitrogens with one attached hydrogen (secondary N) is 1. The van der Waals surface area contributed by atoms with Gasteiger partial charge in [0.1, 0.15) is 10.7 Å². The molecule has 11 nitrogen and oxygen atoms in total. The first-order valence-electron chi connectivity index (χ1n) is 10.5. The van der Waals surface area contributed by atoms with Crippen molar-refractivity contribution in [3.63, 3.8) is 0 Å². The summed E-state index contributed by atoms with van der Waals surface area (Å²) in [5.41, 5.74) is 0.671. The van der Waals surface area contributed by atoms with Crippen LogP contribution in [0.5, 0.6) is 0 Å². The maximum absolute atomic E-state index is 14.7. The molecule has 0 bridgehead atoms. The lowest BCUT2D eigenvalue weighted by atomic mass is 10.1. The van der Waals surface area contributed by atoms with Crippen LogP contribution in [0.4, 0.5) is 4.39 Å². The maximum atomic E-state index is 14.7. The number of aromatic amines is 1. The molecule has 1 fully saturated rings. The Morgan fingerprint density at radius 3 is 2.44 bits per heavy atom. The molecule has 1 aromatic carbocycles. The average Bonchev–Trinajstić information content (AvgIpc) is 3.51. The number of H-pyrrole nitrogens is 1. The third-order valence-corrected chi connectivity index (χ3v) is 5.73. The topological polar surface area (TPSA) is 134 Å². The molecule has 4 aromatic rings. The number of fused-ring (bicyclic) bond motifs is 1. The Labute approximate surface area is 192 Å². The molecule has 1 saturated heterocycles. The SMILES string of the molecule is N[n+]1ccn(-c2ncc(F)c3c(C(=O)C(=O)N4CCN(C(=O)c5ccccc5)CC4)c[nH]c23)n1. The minimum Gasteiger partial charge on any atom is -0.355 e. The Balaban J connectivity index is 1.35. The minimum absolute atomic E-state index is 0.0553. The first-order valence-corrected chi connectivity index (χ1v) is 10.5. The molecule has 1 aliphatic heterocycles. The summed E-state index contributed by atoms with van der Waals surface area (Å²) >= 11 is 0. The number of aromatic nitrogens is 5. The Morgan fingerprint density at radius 1 is 1.06 bits per heavy atom. The Bertz CT molecular complexity index is 1410. The molecule has 0 aliphatic carbocycles. The molecule has 4 heterocycles. The van der Waals surface area contributed by atoms with Crippen LogP contribution in [0.3, 0.4) is 0 Å². The van der Waals surface area contributed by atoms with Crippen molar-refractivity contribution in [3.8, 4) is 5.82 Å². The average molecular weight is 463 g/mol. The van der Waals surface area contributed by atoms with Crippen molar-refractivity contribution >= 4 is 28.5 Å². The molecule has 172 valence electrons. The van der Waals surface area contributed by atoms with E-state index < -0.39 is 17.5 Å². The minimum atomic E-state index is -0.848. The lowest BCUT2D eigenvalue weighted by molar-refractivity contribution is -0.701. The van der Waals surface area contributed by atoms with E-state index in [4.69, 9.17) is 5.84 Å². The molecule has 0 radical (unpaired) electrons. The van der Waals surface area contributed by atoms with Crippen LogP contribution in [0.25, 0.3) is 16.7 Å². The van der Waals surface area contributed by atoms with Crippen LogP contribution >= 0.6 is 0 Å². The van der Waals surface area contributed by atoms with Crippen molar-refractivity contribution in [1.29, 1.82) is 0 Å². The summed E-state index contributed by atoms with van der Waals surface area (Å²) in [4.78, 5) is 49.5. The van der Waals surface area contributed by atoms with Gasteiger partial charge in [-0.2, -0.15) is 0 Å². The number of pyridine rings is 1. The molecular weight excluding hydrogens is 443 g/mol. The van der Waals surface area contributed by atoms with Crippen molar-refractivity contribution in [1.82, 2.24) is 29.7 Å². The molecule has 2 amide bonds. The number of amides is 2. The summed E-state index contributed by atoms with van der Waals surface area (Å²) in [6.07, 6.45) is 5.23. The van der Waals surface area contributed by atoms with Crippen LogP contribution in [-0.2, 0) is 4.79 Å². The zero-order valence-electron chi connectivity index (χ0n) is 17.9. The van der Waals surface area contributed by atoms with Crippen LogP contribution in [0, 0.1) is 5.82 Å². The van der Waals surface area contributed by atoms with Crippen LogP contribution in [0.1, 0.15) is 20.7 Å². The van der Waals surface area contributed by atoms with E-state index in [1.807, 2.05) is 6.07 Å². The van der Waals surface area contributed by atoms with Crippen molar-refractivity contribution < 1.29 is 23.6 Å². The van der Waals surface area contributed by atoms with E-state index in [0.717, 1.165) is 11.0 Å². The van der Waals surface area contributed by atoms with Crippen molar-refractivity contribution in [2.24, 2.45) is 0 Å². The number of hydrogen-bond acceptors (Lipinski definition) is 6. The van der Waals surface area contributed by atoms with Crippen LogP contribution in [0.15, 0.2) is 55.1 Å². The molecule has 34 heavy (non-hydrogen) atoms. The second-order valence-electron chi connectivity index (χ2n) is 7.77. The number of halogens is 1. The summed E-state index contributed by atoms with van der Waals surface area (Å²) < 4.78 is 16.0. The summed E-state index contributed by atoms with van der Waals surface area (Å²) in [7, 11) is 0. The highest BCUT2D eigenvalue weighted by Crippen LogP contribution is 2.26. The van der Waals surface area contributed by atoms with E-state index in [1.165, 1.54) is 28.2 Å². The smallest absolute Gasteiger partial charge is 0.295 e. The van der Waals surface area contributed by atoms with Crippen molar-refractivity contribution in [2.75, 3.05) is 32.0 Å². The molecule has 1 aliphatic rings. The van der Waals surface area contributed by atoms with Gasteiger partial charge in [-0.15, -0.1) is 0 Å². The number of benzene rings is 1. The number of rotatable bonds is 4. The molecule has 0 atom stereocenters. The monoisotopic (exact) mass is 463 g/mol. The molecule has 12 heteroatoms. The van der Waals surface area contributed by atoms with Gasteiger partial charge in [0.2, 0.25) is 0 Å². The van der Waals surface area contributed by atoms with Crippen LogP contribution < -0.4 is 10.6 Å². The maximum Gasteiger partial charge on any atom is 0.295 e. The number of nitrogens with two attached hydrogens (primary N) is 1. The molecule has 0 unspecified atom stereocenters. The molecule has 0 saturated carbocycles.